The number of hydrogen-bond donors (Lipinski definition) is 1. The van der Waals surface area contributed by atoms with Gasteiger partial charge >= 0.3 is 0 Å². The lowest BCUT2D eigenvalue weighted by Gasteiger charge is -2.26. The van der Waals surface area contributed by atoms with Gasteiger partial charge in [-0.2, -0.15) is 0 Å². The van der Waals surface area contributed by atoms with E-state index < -0.39 is 0 Å². The SMILES string of the molecule is CCCNCC(OCC1CCCCO1)c1cccc(F)c1. The van der Waals surface area contributed by atoms with Crippen LogP contribution in [-0.4, -0.2) is 32.4 Å². The second-order valence-corrected chi connectivity index (χ2v) is 5.57. The van der Waals surface area contributed by atoms with E-state index in [9.17, 15) is 4.39 Å². The molecule has 1 aromatic carbocycles. The number of hydrogen-bond acceptors (Lipinski definition) is 3. The van der Waals surface area contributed by atoms with Gasteiger partial charge in [-0.1, -0.05) is 19.1 Å². The van der Waals surface area contributed by atoms with Crippen molar-refractivity contribution in [3.05, 3.63) is 35.6 Å². The summed E-state index contributed by atoms with van der Waals surface area (Å²) in [6.45, 7) is 5.17. The highest BCUT2D eigenvalue weighted by molar-refractivity contribution is 5.19. The first-order valence-electron chi connectivity index (χ1n) is 7.99. The molecule has 2 rings (SSSR count). The van der Waals surface area contributed by atoms with Crippen LogP contribution in [0.4, 0.5) is 4.39 Å². The van der Waals surface area contributed by atoms with Crippen LogP contribution in [0.15, 0.2) is 24.3 Å². The molecule has 2 atom stereocenters. The van der Waals surface area contributed by atoms with Gasteiger partial charge in [-0.15, -0.1) is 0 Å². The Hall–Kier alpha value is -0.970. The zero-order chi connectivity index (χ0) is 14.9. The van der Waals surface area contributed by atoms with Crippen molar-refractivity contribution in [3.8, 4) is 0 Å². The molecule has 0 radical (unpaired) electrons. The molecular formula is C17H26FNO2. The number of rotatable bonds is 8. The Labute approximate surface area is 126 Å². The minimum atomic E-state index is -0.217. The Balaban J connectivity index is 1.91. The molecule has 1 aliphatic heterocycles. The van der Waals surface area contributed by atoms with Crippen LogP contribution >= 0.6 is 0 Å². The fourth-order valence-electron chi connectivity index (χ4n) is 2.55. The summed E-state index contributed by atoms with van der Waals surface area (Å²) in [6.07, 6.45) is 4.52. The van der Waals surface area contributed by atoms with Crippen LogP contribution in [0.1, 0.15) is 44.3 Å². The first-order chi connectivity index (χ1) is 10.3. The fourth-order valence-corrected chi connectivity index (χ4v) is 2.55. The van der Waals surface area contributed by atoms with Gasteiger partial charge in [-0.3, -0.25) is 0 Å². The third-order valence-corrected chi connectivity index (χ3v) is 3.73. The Bertz CT molecular complexity index is 408. The van der Waals surface area contributed by atoms with Crippen LogP contribution in [-0.2, 0) is 9.47 Å². The molecule has 0 bridgehead atoms. The van der Waals surface area contributed by atoms with E-state index in [1.807, 2.05) is 6.07 Å². The molecule has 0 aromatic heterocycles. The molecule has 21 heavy (non-hydrogen) atoms. The molecule has 1 heterocycles. The molecule has 118 valence electrons. The Kier molecular flexibility index (Phi) is 7.13. The Morgan fingerprint density at radius 1 is 1.43 bits per heavy atom. The monoisotopic (exact) mass is 295 g/mol. The van der Waals surface area contributed by atoms with Gasteiger partial charge in [0.25, 0.3) is 0 Å². The molecule has 0 saturated carbocycles. The lowest BCUT2D eigenvalue weighted by atomic mass is 10.1. The van der Waals surface area contributed by atoms with E-state index in [1.165, 1.54) is 12.5 Å². The van der Waals surface area contributed by atoms with Crippen LogP contribution in [0.2, 0.25) is 0 Å². The normalized spacial score (nSPS) is 20.4. The van der Waals surface area contributed by atoms with Crippen LogP contribution < -0.4 is 5.32 Å². The minimum Gasteiger partial charge on any atom is -0.376 e. The molecule has 1 saturated heterocycles. The number of ether oxygens (including phenoxy) is 2. The molecule has 3 nitrogen and oxygen atoms in total. The summed E-state index contributed by atoms with van der Waals surface area (Å²) in [5.74, 6) is -0.217. The summed E-state index contributed by atoms with van der Waals surface area (Å²) < 4.78 is 25.1. The summed E-state index contributed by atoms with van der Waals surface area (Å²) in [5.41, 5.74) is 0.884. The number of benzene rings is 1. The maximum atomic E-state index is 13.4. The first kappa shape index (κ1) is 16.4. The van der Waals surface area contributed by atoms with Crippen molar-refractivity contribution >= 4 is 0 Å². The highest BCUT2D eigenvalue weighted by Gasteiger charge is 2.18. The molecule has 1 fully saturated rings. The third-order valence-electron chi connectivity index (χ3n) is 3.73. The second-order valence-electron chi connectivity index (χ2n) is 5.57. The molecular weight excluding hydrogens is 269 g/mol. The minimum absolute atomic E-state index is 0.127. The van der Waals surface area contributed by atoms with Crippen molar-refractivity contribution in [1.29, 1.82) is 0 Å². The summed E-state index contributed by atoms with van der Waals surface area (Å²) in [5, 5.41) is 3.35. The average Bonchev–Trinajstić information content (AvgIpc) is 2.52. The Morgan fingerprint density at radius 2 is 2.33 bits per heavy atom. The van der Waals surface area contributed by atoms with Gasteiger partial charge in [-0.05, 0) is 49.9 Å². The summed E-state index contributed by atoms with van der Waals surface area (Å²) in [4.78, 5) is 0. The van der Waals surface area contributed by atoms with Gasteiger partial charge in [0.2, 0.25) is 0 Å². The van der Waals surface area contributed by atoms with Crippen LogP contribution in [0, 0.1) is 5.82 Å². The Morgan fingerprint density at radius 3 is 3.05 bits per heavy atom. The maximum Gasteiger partial charge on any atom is 0.123 e. The zero-order valence-electron chi connectivity index (χ0n) is 12.8. The molecule has 1 aromatic rings. The molecule has 0 spiro atoms. The van der Waals surface area contributed by atoms with E-state index in [0.29, 0.717) is 13.2 Å². The van der Waals surface area contributed by atoms with Crippen LogP contribution in [0.25, 0.3) is 0 Å². The largest absolute Gasteiger partial charge is 0.376 e. The van der Waals surface area contributed by atoms with Crippen LogP contribution in [0.3, 0.4) is 0 Å². The lowest BCUT2D eigenvalue weighted by molar-refractivity contribution is -0.0633. The highest BCUT2D eigenvalue weighted by Crippen LogP contribution is 2.20. The van der Waals surface area contributed by atoms with E-state index in [1.54, 1.807) is 12.1 Å². The quantitative estimate of drug-likeness (QED) is 0.745. The predicted octanol–water partition coefficient (Wildman–Crippen LogP) is 3.45. The summed E-state index contributed by atoms with van der Waals surface area (Å²) >= 11 is 0. The van der Waals surface area contributed by atoms with Gasteiger partial charge in [0.15, 0.2) is 0 Å². The van der Waals surface area contributed by atoms with Gasteiger partial charge in [0.1, 0.15) is 5.82 Å². The molecule has 1 aliphatic rings. The van der Waals surface area contributed by atoms with Crippen LogP contribution in [0.5, 0.6) is 0 Å². The van der Waals surface area contributed by atoms with Crippen molar-refractivity contribution in [1.82, 2.24) is 5.32 Å². The topological polar surface area (TPSA) is 30.5 Å². The molecule has 2 unspecified atom stereocenters. The molecule has 1 N–H and O–H groups in total. The highest BCUT2D eigenvalue weighted by atomic mass is 19.1. The number of halogens is 1. The van der Waals surface area contributed by atoms with E-state index in [2.05, 4.69) is 12.2 Å². The maximum absolute atomic E-state index is 13.4. The van der Waals surface area contributed by atoms with Gasteiger partial charge in [-0.25, -0.2) is 4.39 Å². The zero-order valence-corrected chi connectivity index (χ0v) is 12.8. The molecule has 0 amide bonds. The second kappa shape index (κ2) is 9.13. The van der Waals surface area contributed by atoms with Gasteiger partial charge in [0.05, 0.1) is 18.8 Å². The van der Waals surface area contributed by atoms with Crippen molar-refractivity contribution < 1.29 is 13.9 Å². The van der Waals surface area contributed by atoms with E-state index in [-0.39, 0.29) is 18.0 Å². The van der Waals surface area contributed by atoms with Gasteiger partial charge < -0.3 is 14.8 Å². The van der Waals surface area contributed by atoms with Crippen molar-refractivity contribution in [2.24, 2.45) is 0 Å². The van der Waals surface area contributed by atoms with E-state index in [0.717, 1.165) is 38.0 Å². The standard InChI is InChI=1S/C17H26FNO2/c1-2-9-19-12-17(14-6-5-7-15(18)11-14)21-13-16-8-3-4-10-20-16/h5-7,11,16-17,19H,2-4,8-10,12-13H2,1H3. The molecule has 4 heteroatoms. The first-order valence-corrected chi connectivity index (χ1v) is 7.99. The number of nitrogens with one attached hydrogen (secondary N) is 1. The van der Waals surface area contributed by atoms with E-state index in [4.69, 9.17) is 9.47 Å². The molecule has 0 aliphatic carbocycles. The average molecular weight is 295 g/mol. The van der Waals surface area contributed by atoms with Crippen molar-refractivity contribution in [3.63, 3.8) is 0 Å². The fraction of sp³-hybridized carbons (Fsp3) is 0.647. The summed E-state index contributed by atoms with van der Waals surface area (Å²) in [7, 11) is 0. The van der Waals surface area contributed by atoms with Gasteiger partial charge in [0, 0.05) is 13.2 Å². The van der Waals surface area contributed by atoms with E-state index >= 15 is 0 Å². The smallest absolute Gasteiger partial charge is 0.123 e. The third kappa shape index (κ3) is 5.73. The summed E-state index contributed by atoms with van der Waals surface area (Å²) in [6, 6.07) is 6.67. The predicted molar refractivity (Wildman–Crippen MR) is 81.8 cm³/mol. The van der Waals surface area contributed by atoms with Crippen molar-refractivity contribution in [2.75, 3.05) is 26.3 Å². The lowest BCUT2D eigenvalue weighted by Crippen LogP contribution is -2.29. The van der Waals surface area contributed by atoms with Crippen molar-refractivity contribution in [2.45, 2.75) is 44.8 Å².